The quantitative estimate of drug-likeness (QED) is 0.380. The van der Waals surface area contributed by atoms with E-state index in [0.29, 0.717) is 6.29 Å². The summed E-state index contributed by atoms with van der Waals surface area (Å²) in [5.41, 5.74) is 0. The Bertz CT molecular complexity index is 297. The Morgan fingerprint density at radius 3 is 2.35 bits per heavy atom. The number of hydrogen-bond acceptors (Lipinski definition) is 5. The molecule has 3 atom stereocenters. The summed E-state index contributed by atoms with van der Waals surface area (Å²) >= 11 is 0. The van der Waals surface area contributed by atoms with Crippen LogP contribution in [0, 0.1) is 11.8 Å². The van der Waals surface area contributed by atoms with E-state index in [9.17, 15) is 14.4 Å². The molecular weight excluding hydrogens is 224 g/mol. The van der Waals surface area contributed by atoms with E-state index in [1.165, 1.54) is 0 Å². The molecule has 0 aliphatic heterocycles. The summed E-state index contributed by atoms with van der Waals surface area (Å²) in [6, 6.07) is 0. The Morgan fingerprint density at radius 2 is 1.88 bits per heavy atom. The zero-order valence-electron chi connectivity index (χ0n) is 10.3. The lowest BCUT2D eigenvalue weighted by atomic mass is 9.98. The van der Waals surface area contributed by atoms with Crippen LogP contribution in [0.1, 0.15) is 20.8 Å². The number of aldehydes is 1. The molecule has 0 aromatic heterocycles. The van der Waals surface area contributed by atoms with E-state index in [2.05, 4.69) is 6.58 Å². The Balaban J connectivity index is 4.07. The number of esters is 2. The third-order valence-electron chi connectivity index (χ3n) is 2.32. The van der Waals surface area contributed by atoms with Crippen molar-refractivity contribution in [2.75, 3.05) is 6.61 Å². The maximum atomic E-state index is 11.5. The van der Waals surface area contributed by atoms with E-state index in [1.54, 1.807) is 20.8 Å². The van der Waals surface area contributed by atoms with Crippen LogP contribution < -0.4 is 0 Å². The molecule has 0 bridgehead atoms. The minimum absolute atomic E-state index is 0.0290. The second kappa shape index (κ2) is 7.60. The highest BCUT2D eigenvalue weighted by molar-refractivity contribution is 5.81. The molecule has 0 aromatic rings. The van der Waals surface area contributed by atoms with Crippen molar-refractivity contribution in [1.82, 2.24) is 0 Å². The third kappa shape index (κ3) is 5.85. The van der Waals surface area contributed by atoms with Gasteiger partial charge in [-0.1, -0.05) is 20.4 Å². The highest BCUT2D eigenvalue weighted by Gasteiger charge is 2.23. The van der Waals surface area contributed by atoms with Crippen LogP contribution in [0.4, 0.5) is 0 Å². The first-order chi connectivity index (χ1) is 7.92. The number of hydrogen-bond donors (Lipinski definition) is 0. The van der Waals surface area contributed by atoms with Gasteiger partial charge in [0, 0.05) is 12.0 Å². The van der Waals surface area contributed by atoms with Crippen molar-refractivity contribution in [2.45, 2.75) is 26.9 Å². The van der Waals surface area contributed by atoms with Gasteiger partial charge in [0.2, 0.25) is 0 Å². The lowest BCUT2D eigenvalue weighted by molar-refractivity contribution is -0.160. The van der Waals surface area contributed by atoms with Gasteiger partial charge in [-0.3, -0.25) is 4.79 Å². The van der Waals surface area contributed by atoms with Crippen molar-refractivity contribution in [2.24, 2.45) is 11.8 Å². The molecule has 0 N–H and O–H groups in total. The van der Waals surface area contributed by atoms with E-state index in [4.69, 9.17) is 9.47 Å². The van der Waals surface area contributed by atoms with Crippen molar-refractivity contribution in [3.8, 4) is 0 Å². The molecule has 0 aliphatic rings. The third-order valence-corrected chi connectivity index (χ3v) is 2.32. The Hall–Kier alpha value is -1.65. The monoisotopic (exact) mass is 242 g/mol. The normalized spacial score (nSPS) is 15.2. The predicted molar refractivity (Wildman–Crippen MR) is 61.1 cm³/mol. The lowest BCUT2D eigenvalue weighted by Gasteiger charge is -2.18. The first-order valence-corrected chi connectivity index (χ1v) is 5.37. The second-order valence-corrected chi connectivity index (χ2v) is 3.87. The van der Waals surface area contributed by atoms with E-state index >= 15 is 0 Å². The first-order valence-electron chi connectivity index (χ1n) is 5.37. The zero-order valence-corrected chi connectivity index (χ0v) is 10.3. The highest BCUT2D eigenvalue weighted by Crippen LogP contribution is 2.11. The van der Waals surface area contributed by atoms with Crippen molar-refractivity contribution < 1.29 is 23.9 Å². The molecule has 0 saturated heterocycles. The molecule has 3 unspecified atom stereocenters. The molecule has 0 aromatic carbocycles. The van der Waals surface area contributed by atoms with Crippen LogP contribution in [-0.4, -0.2) is 30.9 Å². The maximum Gasteiger partial charge on any atom is 0.330 e. The Labute approximate surface area is 101 Å². The summed E-state index contributed by atoms with van der Waals surface area (Å²) in [6.07, 6.45) is 1.19. The van der Waals surface area contributed by atoms with Crippen LogP contribution in [-0.2, 0) is 23.9 Å². The van der Waals surface area contributed by atoms with Crippen molar-refractivity contribution in [3.05, 3.63) is 12.7 Å². The molecule has 0 aliphatic carbocycles. The summed E-state index contributed by atoms with van der Waals surface area (Å²) in [7, 11) is 0. The van der Waals surface area contributed by atoms with Gasteiger partial charge in [-0.15, -0.1) is 0 Å². The number of carbonyl (C=O) groups excluding carboxylic acids is 3. The van der Waals surface area contributed by atoms with E-state index in [0.717, 1.165) is 6.08 Å². The number of ether oxygens (including phenoxy) is 2. The van der Waals surface area contributed by atoms with Gasteiger partial charge < -0.3 is 14.3 Å². The standard InChI is InChI=1S/C12H18O5/c1-5-11(14)16-7-9(3)17-12(15)10(4)8(2)6-13/h5-6,8-10H,1,7H2,2-4H3. The van der Waals surface area contributed by atoms with Crippen LogP contribution in [0.3, 0.4) is 0 Å². The second-order valence-electron chi connectivity index (χ2n) is 3.87. The molecule has 0 radical (unpaired) electrons. The van der Waals surface area contributed by atoms with Gasteiger partial charge in [0.25, 0.3) is 0 Å². The first kappa shape index (κ1) is 15.3. The molecule has 0 saturated carbocycles. The lowest BCUT2D eigenvalue weighted by Crippen LogP contribution is -2.28. The van der Waals surface area contributed by atoms with Crippen LogP contribution in [0.2, 0.25) is 0 Å². The average molecular weight is 242 g/mol. The summed E-state index contributed by atoms with van der Waals surface area (Å²) in [5, 5.41) is 0. The van der Waals surface area contributed by atoms with E-state index in [-0.39, 0.29) is 6.61 Å². The average Bonchev–Trinajstić information content (AvgIpc) is 2.33. The van der Waals surface area contributed by atoms with Crippen molar-refractivity contribution in [1.29, 1.82) is 0 Å². The number of carbonyl (C=O) groups is 3. The molecule has 0 amide bonds. The van der Waals surface area contributed by atoms with Gasteiger partial charge in [-0.25, -0.2) is 4.79 Å². The molecule has 96 valence electrons. The van der Waals surface area contributed by atoms with Gasteiger partial charge in [0.15, 0.2) is 0 Å². The Morgan fingerprint density at radius 1 is 1.29 bits per heavy atom. The van der Waals surface area contributed by atoms with Gasteiger partial charge >= 0.3 is 11.9 Å². The topological polar surface area (TPSA) is 69.7 Å². The van der Waals surface area contributed by atoms with Crippen LogP contribution in [0.25, 0.3) is 0 Å². The minimum atomic E-state index is -0.567. The minimum Gasteiger partial charge on any atom is -0.459 e. The molecule has 0 heterocycles. The molecule has 17 heavy (non-hydrogen) atoms. The van der Waals surface area contributed by atoms with Gasteiger partial charge in [-0.05, 0) is 6.92 Å². The SMILES string of the molecule is C=CC(=O)OCC(C)OC(=O)C(C)C(C)C=O. The van der Waals surface area contributed by atoms with Gasteiger partial charge in [-0.2, -0.15) is 0 Å². The van der Waals surface area contributed by atoms with E-state index < -0.39 is 29.9 Å². The van der Waals surface area contributed by atoms with Crippen LogP contribution in [0.5, 0.6) is 0 Å². The molecule has 0 spiro atoms. The maximum absolute atomic E-state index is 11.5. The fourth-order valence-electron chi connectivity index (χ4n) is 0.931. The zero-order chi connectivity index (χ0) is 13.4. The molecule has 5 nitrogen and oxygen atoms in total. The summed E-state index contributed by atoms with van der Waals surface area (Å²) in [4.78, 5) is 32.8. The molecule has 5 heteroatoms. The number of rotatable bonds is 7. The van der Waals surface area contributed by atoms with Gasteiger partial charge in [0.05, 0.1) is 5.92 Å². The fourth-order valence-corrected chi connectivity index (χ4v) is 0.931. The largest absolute Gasteiger partial charge is 0.459 e. The smallest absolute Gasteiger partial charge is 0.330 e. The molecule has 0 rings (SSSR count). The summed E-state index contributed by atoms with van der Waals surface area (Å²) < 4.78 is 9.74. The fraction of sp³-hybridized carbons (Fsp3) is 0.583. The molecule has 0 fully saturated rings. The summed E-state index contributed by atoms with van der Waals surface area (Å²) in [6.45, 7) is 8.07. The predicted octanol–water partition coefficient (Wildman–Crippen LogP) is 1.12. The van der Waals surface area contributed by atoms with Crippen molar-refractivity contribution in [3.63, 3.8) is 0 Å². The van der Waals surface area contributed by atoms with E-state index in [1.807, 2.05) is 0 Å². The molecular formula is C12H18O5. The van der Waals surface area contributed by atoms with Gasteiger partial charge in [0.1, 0.15) is 19.0 Å². The van der Waals surface area contributed by atoms with Crippen molar-refractivity contribution >= 4 is 18.2 Å². The Kier molecular flexibility index (Phi) is 6.86. The summed E-state index contributed by atoms with van der Waals surface area (Å²) in [5.74, 6) is -1.95. The van der Waals surface area contributed by atoms with Crippen LogP contribution >= 0.6 is 0 Å². The highest BCUT2D eigenvalue weighted by atomic mass is 16.6. The van der Waals surface area contributed by atoms with Crippen LogP contribution in [0.15, 0.2) is 12.7 Å².